The summed E-state index contributed by atoms with van der Waals surface area (Å²) in [7, 11) is 0. The SMILES string of the molecule is C#Cc1ccc2ncnc(N[C@@H]3C[C@@H]4[C@H](C3)[C@H]4[C@@H](CC)NC(=O)c3ccc(Cl)cc3)c2c1. The molecule has 162 valence electrons. The van der Waals surface area contributed by atoms with Gasteiger partial charge < -0.3 is 10.6 Å². The molecule has 0 aliphatic heterocycles. The topological polar surface area (TPSA) is 66.9 Å². The first-order valence-electron chi connectivity index (χ1n) is 11.1. The number of hydrogen-bond acceptors (Lipinski definition) is 4. The van der Waals surface area contributed by atoms with Gasteiger partial charge in [0.15, 0.2) is 0 Å². The van der Waals surface area contributed by atoms with Crippen LogP contribution in [0.25, 0.3) is 10.9 Å². The van der Waals surface area contributed by atoms with Gasteiger partial charge in [-0.3, -0.25) is 4.79 Å². The fraction of sp³-hybridized carbons (Fsp3) is 0.346. The zero-order valence-corrected chi connectivity index (χ0v) is 18.6. The highest BCUT2D eigenvalue weighted by Gasteiger charge is 2.58. The molecule has 0 bridgehead atoms. The van der Waals surface area contributed by atoms with E-state index in [1.165, 1.54) is 0 Å². The highest BCUT2D eigenvalue weighted by Crippen LogP contribution is 2.59. The van der Waals surface area contributed by atoms with E-state index in [1.54, 1.807) is 30.6 Å². The van der Waals surface area contributed by atoms with E-state index >= 15 is 0 Å². The van der Waals surface area contributed by atoms with Gasteiger partial charge in [0.25, 0.3) is 5.91 Å². The molecule has 1 amide bonds. The molecule has 0 saturated heterocycles. The second-order valence-electron chi connectivity index (χ2n) is 8.81. The highest BCUT2D eigenvalue weighted by atomic mass is 35.5. The van der Waals surface area contributed by atoms with Gasteiger partial charge in [-0.25, -0.2) is 9.97 Å². The molecule has 2 saturated carbocycles. The largest absolute Gasteiger partial charge is 0.367 e. The Bertz CT molecular complexity index is 1190. The van der Waals surface area contributed by atoms with Gasteiger partial charge in [-0.05, 0) is 79.5 Å². The zero-order chi connectivity index (χ0) is 22.2. The molecule has 2 N–H and O–H groups in total. The molecule has 2 aliphatic rings. The van der Waals surface area contributed by atoms with Crippen LogP contribution in [0.4, 0.5) is 5.82 Å². The van der Waals surface area contributed by atoms with Crippen LogP contribution in [0, 0.1) is 30.1 Å². The smallest absolute Gasteiger partial charge is 0.251 e. The molecule has 2 fully saturated rings. The minimum Gasteiger partial charge on any atom is -0.367 e. The molecule has 2 aliphatic carbocycles. The number of hydrogen-bond donors (Lipinski definition) is 2. The maximum atomic E-state index is 12.7. The fourth-order valence-corrected chi connectivity index (χ4v) is 5.51. The number of nitrogens with zero attached hydrogens (tertiary/aromatic N) is 2. The molecule has 0 unspecified atom stereocenters. The minimum atomic E-state index is -0.0232. The normalized spacial score (nSPS) is 24.4. The van der Waals surface area contributed by atoms with Gasteiger partial charge in [0, 0.05) is 33.6 Å². The Labute approximate surface area is 193 Å². The molecule has 32 heavy (non-hydrogen) atoms. The summed E-state index contributed by atoms with van der Waals surface area (Å²) in [6.07, 6.45) is 10.3. The van der Waals surface area contributed by atoms with Gasteiger partial charge in [0.2, 0.25) is 0 Å². The van der Waals surface area contributed by atoms with Crippen LogP contribution in [-0.4, -0.2) is 28.0 Å². The summed E-state index contributed by atoms with van der Waals surface area (Å²) in [5, 5.41) is 8.47. The van der Waals surface area contributed by atoms with E-state index in [0.29, 0.717) is 34.4 Å². The summed E-state index contributed by atoms with van der Waals surface area (Å²) in [5.41, 5.74) is 2.37. The van der Waals surface area contributed by atoms with Crippen molar-refractivity contribution in [1.29, 1.82) is 0 Å². The van der Waals surface area contributed by atoms with Crippen molar-refractivity contribution in [2.45, 2.75) is 38.3 Å². The van der Waals surface area contributed by atoms with E-state index in [4.69, 9.17) is 18.0 Å². The molecular weight excluding hydrogens is 420 g/mol. The van der Waals surface area contributed by atoms with Crippen molar-refractivity contribution in [2.24, 2.45) is 17.8 Å². The Morgan fingerprint density at radius 1 is 1.19 bits per heavy atom. The Balaban J connectivity index is 1.22. The predicted molar refractivity (Wildman–Crippen MR) is 128 cm³/mol. The van der Waals surface area contributed by atoms with Gasteiger partial charge in [-0.2, -0.15) is 0 Å². The van der Waals surface area contributed by atoms with Crippen LogP contribution >= 0.6 is 11.6 Å². The Morgan fingerprint density at radius 2 is 1.94 bits per heavy atom. The van der Waals surface area contributed by atoms with Gasteiger partial charge in [0.1, 0.15) is 12.1 Å². The fourth-order valence-electron chi connectivity index (χ4n) is 5.38. The van der Waals surface area contributed by atoms with E-state index in [2.05, 4.69) is 33.4 Å². The summed E-state index contributed by atoms with van der Waals surface area (Å²) in [6, 6.07) is 13.4. The van der Waals surface area contributed by atoms with E-state index in [9.17, 15) is 4.79 Å². The number of terminal acetylenes is 1. The summed E-state index contributed by atoms with van der Waals surface area (Å²) in [4.78, 5) is 21.5. The molecule has 5 nitrogen and oxygen atoms in total. The molecule has 2 aromatic carbocycles. The molecule has 1 aromatic heterocycles. The lowest BCUT2D eigenvalue weighted by molar-refractivity contribution is 0.0927. The molecule has 5 atom stereocenters. The molecule has 0 spiro atoms. The van der Waals surface area contributed by atoms with Crippen molar-refractivity contribution in [3.8, 4) is 12.3 Å². The third kappa shape index (κ3) is 3.91. The van der Waals surface area contributed by atoms with E-state index < -0.39 is 0 Å². The third-order valence-electron chi connectivity index (χ3n) is 6.98. The molecular formula is C26H25ClN4O. The number of fused-ring (bicyclic) bond motifs is 2. The molecule has 3 aromatic rings. The second kappa shape index (κ2) is 8.44. The van der Waals surface area contributed by atoms with Crippen LogP contribution in [0.15, 0.2) is 48.8 Å². The average molecular weight is 445 g/mol. The van der Waals surface area contributed by atoms with Crippen LogP contribution in [0.5, 0.6) is 0 Å². The number of anilines is 1. The van der Waals surface area contributed by atoms with Crippen molar-refractivity contribution in [3.63, 3.8) is 0 Å². The van der Waals surface area contributed by atoms with Crippen LogP contribution in [-0.2, 0) is 0 Å². The highest BCUT2D eigenvalue weighted by molar-refractivity contribution is 6.30. The molecule has 6 heteroatoms. The van der Waals surface area contributed by atoms with Crippen LogP contribution < -0.4 is 10.6 Å². The number of aromatic nitrogens is 2. The van der Waals surface area contributed by atoms with Crippen molar-refractivity contribution in [1.82, 2.24) is 15.3 Å². The van der Waals surface area contributed by atoms with Gasteiger partial charge >= 0.3 is 0 Å². The van der Waals surface area contributed by atoms with Gasteiger partial charge in [-0.1, -0.05) is 24.4 Å². The lowest BCUT2D eigenvalue weighted by Crippen LogP contribution is -2.38. The first-order chi connectivity index (χ1) is 15.6. The number of benzene rings is 2. The third-order valence-corrected chi connectivity index (χ3v) is 7.23. The maximum Gasteiger partial charge on any atom is 0.251 e. The molecule has 5 rings (SSSR count). The van der Waals surface area contributed by atoms with E-state index in [1.807, 2.05) is 18.2 Å². The Morgan fingerprint density at radius 3 is 2.62 bits per heavy atom. The first-order valence-corrected chi connectivity index (χ1v) is 11.5. The number of rotatable bonds is 6. The lowest BCUT2D eigenvalue weighted by Gasteiger charge is -2.22. The Hall–Kier alpha value is -3.10. The molecule has 1 heterocycles. The number of nitrogens with one attached hydrogen (secondary N) is 2. The van der Waals surface area contributed by atoms with E-state index in [-0.39, 0.29) is 11.9 Å². The number of halogens is 1. The van der Waals surface area contributed by atoms with Crippen molar-refractivity contribution in [2.75, 3.05) is 5.32 Å². The van der Waals surface area contributed by atoms with Crippen molar-refractivity contribution >= 4 is 34.2 Å². The standard InChI is InChI=1S/C26H25ClN4O/c1-3-15-5-10-23-21(11-15)25(29-14-28-23)30-18-12-19-20(13-18)24(19)22(4-2)31-26(32)16-6-8-17(27)9-7-16/h1,5-11,14,18-20,22,24H,4,12-13H2,2H3,(H,31,32)(H,28,29,30)/t18-,19-,20+,22-,24+/m1/s1. The zero-order valence-electron chi connectivity index (χ0n) is 17.9. The summed E-state index contributed by atoms with van der Waals surface area (Å²) in [6.45, 7) is 2.15. The number of carbonyl (C=O) groups is 1. The maximum absolute atomic E-state index is 12.7. The van der Waals surface area contributed by atoms with Crippen LogP contribution in [0.2, 0.25) is 5.02 Å². The summed E-state index contributed by atoms with van der Waals surface area (Å²) in [5.74, 6) is 5.33. The van der Waals surface area contributed by atoms with Gasteiger partial charge in [0.05, 0.1) is 5.52 Å². The Kier molecular flexibility index (Phi) is 5.48. The summed E-state index contributed by atoms with van der Waals surface area (Å²) < 4.78 is 0. The summed E-state index contributed by atoms with van der Waals surface area (Å²) >= 11 is 5.94. The van der Waals surface area contributed by atoms with Gasteiger partial charge in [-0.15, -0.1) is 6.42 Å². The van der Waals surface area contributed by atoms with Crippen molar-refractivity contribution in [3.05, 3.63) is 64.9 Å². The monoisotopic (exact) mass is 444 g/mol. The van der Waals surface area contributed by atoms with Crippen molar-refractivity contribution < 1.29 is 4.79 Å². The minimum absolute atomic E-state index is 0.0232. The quantitative estimate of drug-likeness (QED) is 0.530. The second-order valence-corrected chi connectivity index (χ2v) is 9.25. The number of amides is 1. The number of carbonyl (C=O) groups excluding carboxylic acids is 1. The predicted octanol–water partition coefficient (Wildman–Crippen LogP) is 4.91. The lowest BCUT2D eigenvalue weighted by atomic mass is 9.99. The average Bonchev–Trinajstić information content (AvgIpc) is 3.31. The van der Waals surface area contributed by atoms with Crippen LogP contribution in [0.3, 0.4) is 0 Å². The first kappa shape index (κ1) is 20.8. The van der Waals surface area contributed by atoms with E-state index in [0.717, 1.165) is 41.5 Å². The van der Waals surface area contributed by atoms with Crippen LogP contribution in [0.1, 0.15) is 42.1 Å². The molecule has 0 radical (unpaired) electrons.